The summed E-state index contributed by atoms with van der Waals surface area (Å²) in [5, 5.41) is 8.63. The van der Waals surface area contributed by atoms with Gasteiger partial charge in [-0.15, -0.1) is 0 Å². The normalized spacial score (nSPS) is 20.5. The zero-order valence-corrected chi connectivity index (χ0v) is 10.7. The van der Waals surface area contributed by atoms with Gasteiger partial charge in [-0.25, -0.2) is 0 Å². The molecule has 2 heterocycles. The summed E-state index contributed by atoms with van der Waals surface area (Å²) < 4.78 is 0. The summed E-state index contributed by atoms with van der Waals surface area (Å²) >= 11 is 0. The van der Waals surface area contributed by atoms with Crippen LogP contribution >= 0.6 is 0 Å². The molecule has 2 atom stereocenters. The Bertz CT molecular complexity index is 444. The van der Waals surface area contributed by atoms with Gasteiger partial charge in [0.15, 0.2) is 0 Å². The second-order valence-corrected chi connectivity index (χ2v) is 4.85. The second-order valence-electron chi connectivity index (χ2n) is 4.85. The number of carbonyl (C=O) groups excluding carboxylic acids is 1. The van der Waals surface area contributed by atoms with Crippen LogP contribution in [0.5, 0.6) is 0 Å². The summed E-state index contributed by atoms with van der Waals surface area (Å²) in [4.78, 5) is 27.7. The van der Waals surface area contributed by atoms with Gasteiger partial charge in [0, 0.05) is 24.9 Å². The van der Waals surface area contributed by atoms with Crippen LogP contribution in [0.1, 0.15) is 37.4 Å². The molecule has 6 heteroatoms. The lowest BCUT2D eigenvalue weighted by molar-refractivity contribution is -0.137. The van der Waals surface area contributed by atoms with E-state index in [2.05, 4.69) is 4.98 Å². The van der Waals surface area contributed by atoms with E-state index in [4.69, 9.17) is 10.8 Å². The molecule has 0 aromatic carbocycles. The van der Waals surface area contributed by atoms with E-state index < -0.39 is 12.0 Å². The number of nitrogens with one attached hydrogen (secondary N) is 1. The van der Waals surface area contributed by atoms with Crippen molar-refractivity contribution >= 4 is 11.9 Å². The summed E-state index contributed by atoms with van der Waals surface area (Å²) in [6.45, 7) is 0.684. The fourth-order valence-corrected chi connectivity index (χ4v) is 2.52. The molecule has 19 heavy (non-hydrogen) atoms. The van der Waals surface area contributed by atoms with E-state index in [1.165, 1.54) is 0 Å². The number of aliphatic carboxylic acids is 1. The molecule has 1 fully saturated rings. The van der Waals surface area contributed by atoms with Crippen LogP contribution in [-0.2, 0) is 9.59 Å². The number of hydrogen-bond donors (Lipinski definition) is 3. The van der Waals surface area contributed by atoms with Crippen LogP contribution in [0.3, 0.4) is 0 Å². The molecule has 1 aromatic heterocycles. The molecule has 6 nitrogen and oxygen atoms in total. The first-order chi connectivity index (χ1) is 9.09. The zero-order valence-electron chi connectivity index (χ0n) is 10.7. The molecule has 0 aliphatic carbocycles. The van der Waals surface area contributed by atoms with Crippen LogP contribution in [0.4, 0.5) is 0 Å². The molecule has 0 spiro atoms. The van der Waals surface area contributed by atoms with Gasteiger partial charge >= 0.3 is 5.97 Å². The molecule has 0 saturated carbocycles. The molecular weight excluding hydrogens is 246 g/mol. The van der Waals surface area contributed by atoms with Gasteiger partial charge in [-0.1, -0.05) is 0 Å². The van der Waals surface area contributed by atoms with Crippen molar-refractivity contribution in [2.75, 3.05) is 6.54 Å². The predicted octanol–water partition coefficient (Wildman–Crippen LogP) is 0.870. The minimum Gasteiger partial charge on any atom is -0.481 e. The van der Waals surface area contributed by atoms with Crippen molar-refractivity contribution < 1.29 is 14.7 Å². The Morgan fingerprint density at radius 2 is 2.37 bits per heavy atom. The Balaban J connectivity index is 1.99. The van der Waals surface area contributed by atoms with E-state index in [0.29, 0.717) is 6.54 Å². The van der Waals surface area contributed by atoms with Crippen LogP contribution in [0.25, 0.3) is 0 Å². The number of nitrogens with zero attached hydrogens (tertiary/aromatic N) is 1. The fraction of sp³-hybridized carbons (Fsp3) is 0.538. The largest absolute Gasteiger partial charge is 0.481 e. The quantitative estimate of drug-likeness (QED) is 0.735. The van der Waals surface area contributed by atoms with Gasteiger partial charge in [0.2, 0.25) is 5.91 Å². The van der Waals surface area contributed by atoms with Crippen molar-refractivity contribution in [2.24, 2.45) is 5.73 Å². The predicted molar refractivity (Wildman–Crippen MR) is 69.3 cm³/mol. The maximum atomic E-state index is 12.3. The van der Waals surface area contributed by atoms with Crippen LogP contribution in [0.2, 0.25) is 0 Å². The van der Waals surface area contributed by atoms with Gasteiger partial charge in [-0.05, 0) is 31.4 Å². The van der Waals surface area contributed by atoms with Crippen LogP contribution in [0, 0.1) is 0 Å². The van der Waals surface area contributed by atoms with E-state index in [0.717, 1.165) is 18.5 Å². The van der Waals surface area contributed by atoms with Crippen molar-refractivity contribution in [1.29, 1.82) is 0 Å². The lowest BCUT2D eigenvalue weighted by atomic mass is 10.1. The zero-order chi connectivity index (χ0) is 13.8. The van der Waals surface area contributed by atoms with E-state index in [9.17, 15) is 9.59 Å². The smallest absolute Gasteiger partial charge is 0.303 e. The number of carboxylic acids is 1. The Morgan fingerprint density at radius 3 is 3.00 bits per heavy atom. The van der Waals surface area contributed by atoms with Crippen molar-refractivity contribution in [1.82, 2.24) is 9.88 Å². The first-order valence-corrected chi connectivity index (χ1v) is 6.50. The van der Waals surface area contributed by atoms with E-state index in [1.54, 1.807) is 4.90 Å². The molecule has 2 unspecified atom stereocenters. The van der Waals surface area contributed by atoms with Crippen molar-refractivity contribution in [2.45, 2.75) is 37.8 Å². The van der Waals surface area contributed by atoms with Gasteiger partial charge in [-0.2, -0.15) is 0 Å². The average molecular weight is 265 g/mol. The monoisotopic (exact) mass is 265 g/mol. The SMILES string of the molecule is NC(CCC(=O)O)C(=O)N1CCCC1c1ccc[nH]1. The number of rotatable bonds is 5. The summed E-state index contributed by atoms with van der Waals surface area (Å²) in [5.74, 6) is -1.08. The molecule has 2 rings (SSSR count). The first-order valence-electron chi connectivity index (χ1n) is 6.50. The third kappa shape index (κ3) is 3.14. The fourth-order valence-electron chi connectivity index (χ4n) is 2.52. The molecule has 1 saturated heterocycles. The van der Waals surface area contributed by atoms with Crippen molar-refractivity contribution in [3.8, 4) is 0 Å². The Labute approximate surface area is 111 Å². The summed E-state index contributed by atoms with van der Waals surface area (Å²) in [5.41, 5.74) is 6.81. The van der Waals surface area contributed by atoms with Crippen molar-refractivity contribution in [3.63, 3.8) is 0 Å². The van der Waals surface area contributed by atoms with Gasteiger partial charge in [0.25, 0.3) is 0 Å². The first kappa shape index (κ1) is 13.6. The standard InChI is InChI=1S/C13H19N3O3/c14-9(5-6-12(17)18)13(19)16-8-2-4-11(16)10-3-1-7-15-10/h1,3,7,9,11,15H,2,4-6,8,14H2,(H,17,18). The molecule has 0 radical (unpaired) electrons. The summed E-state index contributed by atoms with van der Waals surface area (Å²) in [6, 6.07) is 3.17. The van der Waals surface area contributed by atoms with Gasteiger partial charge in [-0.3, -0.25) is 9.59 Å². The lowest BCUT2D eigenvalue weighted by Crippen LogP contribution is -2.43. The minimum absolute atomic E-state index is 0.0402. The number of nitrogens with two attached hydrogens (primary N) is 1. The molecule has 4 N–H and O–H groups in total. The maximum absolute atomic E-state index is 12.3. The number of carbonyl (C=O) groups is 2. The second kappa shape index (κ2) is 5.88. The average Bonchev–Trinajstić information content (AvgIpc) is 3.03. The number of carboxylic acid groups (broad SMARTS) is 1. The van der Waals surface area contributed by atoms with Crippen LogP contribution < -0.4 is 5.73 Å². The van der Waals surface area contributed by atoms with E-state index in [-0.39, 0.29) is 24.8 Å². The Hall–Kier alpha value is -1.82. The highest BCUT2D eigenvalue weighted by Crippen LogP contribution is 2.31. The Morgan fingerprint density at radius 1 is 1.58 bits per heavy atom. The number of likely N-dealkylation sites (tertiary alicyclic amines) is 1. The number of aromatic amines is 1. The van der Waals surface area contributed by atoms with E-state index in [1.807, 2.05) is 18.3 Å². The molecule has 1 aliphatic rings. The topological polar surface area (TPSA) is 99.4 Å². The lowest BCUT2D eigenvalue weighted by Gasteiger charge is -2.26. The highest BCUT2D eigenvalue weighted by Gasteiger charge is 2.33. The summed E-state index contributed by atoms with van der Waals surface area (Å²) in [7, 11) is 0. The van der Waals surface area contributed by atoms with Crippen LogP contribution in [0.15, 0.2) is 18.3 Å². The van der Waals surface area contributed by atoms with Crippen molar-refractivity contribution in [3.05, 3.63) is 24.0 Å². The molecule has 1 aliphatic heterocycles. The maximum Gasteiger partial charge on any atom is 0.303 e. The molecule has 1 aromatic rings. The van der Waals surface area contributed by atoms with Crippen LogP contribution in [-0.4, -0.2) is 39.5 Å². The molecule has 1 amide bonds. The third-order valence-corrected chi connectivity index (χ3v) is 3.50. The summed E-state index contributed by atoms with van der Waals surface area (Å²) in [6.07, 6.45) is 3.80. The van der Waals surface area contributed by atoms with Gasteiger partial charge in [0.05, 0.1) is 12.1 Å². The number of H-pyrrole nitrogens is 1. The van der Waals surface area contributed by atoms with E-state index >= 15 is 0 Å². The third-order valence-electron chi connectivity index (χ3n) is 3.50. The number of amides is 1. The minimum atomic E-state index is -0.925. The van der Waals surface area contributed by atoms with Gasteiger partial charge < -0.3 is 20.7 Å². The number of aromatic nitrogens is 1. The highest BCUT2D eigenvalue weighted by molar-refractivity contribution is 5.83. The molecule has 0 bridgehead atoms. The molecule has 104 valence electrons. The number of hydrogen-bond acceptors (Lipinski definition) is 3. The highest BCUT2D eigenvalue weighted by atomic mass is 16.4. The Kier molecular flexibility index (Phi) is 4.21. The van der Waals surface area contributed by atoms with Gasteiger partial charge in [0.1, 0.15) is 0 Å². The molecular formula is C13H19N3O3.